The Morgan fingerprint density at radius 1 is 0.190 bits per heavy atom. The topological polar surface area (TPSA) is 258 Å². The standard InChI is InChI=1S/C55H79N29/c1-38-37-44-67-45(56-38)74-15-8-16-76(28-27-74)48-59-40(3)60-49(69-48)78-19-10-20-80(32-31-78)52-63-42(5)64-53(71-52)82-23-12-24-84(36-35-82)55-66-43(6)65-54(72-55)83-22-11-21-81(33-34-83)51-62-41(4)61-50(70-51)79-18-9-17-77(29-30-79)47-58-39(2)57-46(68-47)75-14-7-13-73(44)25-26-75/h37H,7-36H2,1-6H3. The molecule has 29 nitrogen and oxygen atoms in total. The largest absolute Gasteiger partial charge is 0.355 e. The quantitative estimate of drug-likeness (QED) is 0.210. The molecule has 7 aliphatic heterocycles. The van der Waals surface area contributed by atoms with Crippen molar-refractivity contribution in [2.45, 2.75) is 80.1 Å². The molecule has 0 saturated carbocycles. The van der Waals surface area contributed by atoms with Crippen molar-refractivity contribution in [2.75, 3.05) is 216 Å². The molecule has 0 radical (unpaired) electrons. The zero-order valence-corrected chi connectivity index (χ0v) is 49.8. The molecule has 0 N–H and O–H groups in total. The van der Waals surface area contributed by atoms with E-state index in [4.69, 9.17) is 84.7 Å². The number of nitrogens with zero attached hydrogens (tertiary/aromatic N) is 29. The van der Waals surface area contributed by atoms with Gasteiger partial charge in [-0.2, -0.15) is 79.7 Å². The normalized spacial score (nSPS) is 19.5. The minimum Gasteiger partial charge on any atom is -0.355 e. The van der Waals surface area contributed by atoms with Gasteiger partial charge in [0, 0.05) is 169 Å². The van der Waals surface area contributed by atoms with E-state index < -0.39 is 0 Å². The molecule has 0 atom stereocenters. The van der Waals surface area contributed by atoms with Crippen LogP contribution in [0.4, 0.5) is 71.2 Å². The lowest BCUT2D eigenvalue weighted by molar-refractivity contribution is 0.736. The molecule has 0 spiro atoms. The second-order valence-corrected chi connectivity index (χ2v) is 23.0. The first-order valence-electron chi connectivity index (χ1n) is 30.5. The summed E-state index contributed by atoms with van der Waals surface area (Å²) in [5.41, 5.74) is 0.950. The highest BCUT2D eigenvalue weighted by Gasteiger charge is 2.30. The lowest BCUT2D eigenvalue weighted by Crippen LogP contribution is -2.36. The Hall–Kier alpha value is -8.27. The minimum atomic E-state index is 0.700. The van der Waals surface area contributed by atoms with Gasteiger partial charge in [0.05, 0.1) is 0 Å². The molecule has 444 valence electrons. The van der Waals surface area contributed by atoms with Crippen molar-refractivity contribution in [1.82, 2.24) is 84.7 Å². The summed E-state index contributed by atoms with van der Waals surface area (Å²) in [6.07, 6.45) is 5.41. The number of anilines is 12. The molecule has 6 saturated heterocycles. The van der Waals surface area contributed by atoms with E-state index >= 15 is 0 Å². The summed E-state index contributed by atoms with van der Waals surface area (Å²) in [4.78, 5) is 113. The molecular formula is C55H79N29. The van der Waals surface area contributed by atoms with Gasteiger partial charge in [-0.3, -0.25) is 0 Å². The van der Waals surface area contributed by atoms with Crippen LogP contribution in [0.15, 0.2) is 6.07 Å². The summed E-state index contributed by atoms with van der Waals surface area (Å²) in [6, 6.07) is 2.12. The van der Waals surface area contributed by atoms with Crippen LogP contribution in [0.3, 0.4) is 0 Å². The van der Waals surface area contributed by atoms with E-state index in [1.807, 2.05) is 34.6 Å². The van der Waals surface area contributed by atoms with Crippen molar-refractivity contribution in [3.05, 3.63) is 40.9 Å². The Bertz CT molecular complexity index is 2560. The zero-order valence-electron chi connectivity index (χ0n) is 49.8. The summed E-state index contributed by atoms with van der Waals surface area (Å²) < 4.78 is 0. The third-order valence-corrected chi connectivity index (χ3v) is 16.9. The molecule has 13 rings (SSSR count). The van der Waals surface area contributed by atoms with Crippen LogP contribution >= 0.6 is 0 Å². The third-order valence-electron chi connectivity index (χ3n) is 16.9. The summed E-state index contributed by atoms with van der Waals surface area (Å²) in [6.45, 7) is 30.4. The van der Waals surface area contributed by atoms with Gasteiger partial charge in [0.25, 0.3) is 0 Å². The van der Waals surface area contributed by atoms with Crippen LogP contribution in [-0.2, 0) is 0 Å². The van der Waals surface area contributed by atoms with E-state index in [-0.39, 0.29) is 0 Å². The minimum absolute atomic E-state index is 0.700. The lowest BCUT2D eigenvalue weighted by atomic mass is 10.3. The van der Waals surface area contributed by atoms with Gasteiger partial charge in [0.2, 0.25) is 65.4 Å². The Balaban J connectivity index is 0.773. The average molecular weight is 1150 g/mol. The molecule has 0 aliphatic carbocycles. The predicted octanol–water partition coefficient (Wildman–Crippen LogP) is 1.87. The molecule has 29 heteroatoms. The SMILES string of the molecule is Cc1cc2nc(n1)N1CCCN(CC1)c1nc(C)nc(n1)N1CCCN(CC1)c1nc(C)nc(n1)N1CCCN(CC1)c1nc(C)nc(n1)N1CCCN(CC1)c1nc(C)nc(n1)N1CCCN(CC1)c1nc(C)nc(n1)N1CCCN2CC1. The van der Waals surface area contributed by atoms with E-state index in [0.29, 0.717) is 109 Å². The van der Waals surface area contributed by atoms with E-state index in [2.05, 4.69) is 71.8 Å². The highest BCUT2D eigenvalue weighted by molar-refractivity contribution is 5.51. The van der Waals surface area contributed by atoms with Crippen LogP contribution in [0.2, 0.25) is 0 Å². The van der Waals surface area contributed by atoms with Gasteiger partial charge in [-0.05, 0) is 80.1 Å². The maximum absolute atomic E-state index is 5.26. The molecule has 6 fully saturated rings. The van der Waals surface area contributed by atoms with Crippen molar-refractivity contribution in [3.63, 3.8) is 0 Å². The number of aryl methyl sites for hydroxylation is 6. The summed E-state index contributed by atoms with van der Waals surface area (Å²) in [5, 5.41) is 0. The number of fused-ring (bicyclic) bond motifs is 42. The number of hydrogen-bond donors (Lipinski definition) is 0. The zero-order chi connectivity index (χ0) is 57.3. The number of aromatic nitrogens is 17. The van der Waals surface area contributed by atoms with Gasteiger partial charge in [0.15, 0.2) is 0 Å². The first kappa shape index (κ1) is 54.9. The van der Waals surface area contributed by atoms with Crippen LogP contribution in [0.5, 0.6) is 0 Å². The fraction of sp³-hybridized carbons (Fsp3) is 0.655. The second kappa shape index (κ2) is 24.1. The Morgan fingerprint density at radius 3 is 0.560 bits per heavy atom. The first-order chi connectivity index (χ1) is 41.0. The summed E-state index contributed by atoms with van der Waals surface area (Å²) >= 11 is 0. The van der Waals surface area contributed by atoms with Gasteiger partial charge in [-0.1, -0.05) is 0 Å². The maximum Gasteiger partial charge on any atom is 0.230 e. The van der Waals surface area contributed by atoms with E-state index in [1.165, 1.54) is 0 Å². The van der Waals surface area contributed by atoms with Crippen molar-refractivity contribution in [3.8, 4) is 0 Å². The highest BCUT2D eigenvalue weighted by atomic mass is 15.4. The first-order valence-corrected chi connectivity index (χ1v) is 30.5. The smallest absolute Gasteiger partial charge is 0.230 e. The monoisotopic (exact) mass is 1150 g/mol. The summed E-state index contributed by atoms with van der Waals surface area (Å²) in [7, 11) is 0. The third kappa shape index (κ3) is 12.3. The average Bonchev–Trinajstić information content (AvgIpc) is 4.33. The molecular weight excluding hydrogens is 1070 g/mol. The van der Waals surface area contributed by atoms with Crippen molar-refractivity contribution < 1.29 is 0 Å². The predicted molar refractivity (Wildman–Crippen MR) is 324 cm³/mol. The fourth-order valence-corrected chi connectivity index (χ4v) is 12.5. The Kier molecular flexibility index (Phi) is 15.8. The number of hydrogen-bond acceptors (Lipinski definition) is 29. The van der Waals surface area contributed by atoms with Crippen LogP contribution in [-0.4, -0.2) is 242 Å². The molecule has 84 heavy (non-hydrogen) atoms. The van der Waals surface area contributed by atoms with Crippen molar-refractivity contribution in [2.24, 2.45) is 0 Å². The van der Waals surface area contributed by atoms with Gasteiger partial charge < -0.3 is 58.8 Å². The molecule has 6 aromatic rings. The Labute approximate surface area is 491 Å². The van der Waals surface area contributed by atoms with Gasteiger partial charge in [-0.15, -0.1) is 0 Å². The molecule has 13 heterocycles. The summed E-state index contributed by atoms with van der Waals surface area (Å²) in [5.74, 6) is 12.3. The Morgan fingerprint density at radius 2 is 0.357 bits per heavy atom. The second-order valence-electron chi connectivity index (χ2n) is 23.0. The molecule has 7 aliphatic rings. The van der Waals surface area contributed by atoms with Gasteiger partial charge in [-0.25, -0.2) is 4.98 Å². The van der Waals surface area contributed by atoms with Crippen molar-refractivity contribution in [1.29, 1.82) is 0 Å². The van der Waals surface area contributed by atoms with Crippen LogP contribution < -0.4 is 58.8 Å². The molecule has 6 aromatic heterocycles. The number of rotatable bonds is 0. The lowest BCUT2D eigenvalue weighted by Gasteiger charge is -2.27. The van der Waals surface area contributed by atoms with E-state index in [9.17, 15) is 0 Å². The van der Waals surface area contributed by atoms with Crippen LogP contribution in [0.25, 0.3) is 0 Å². The molecule has 0 amide bonds. The van der Waals surface area contributed by atoms with Crippen molar-refractivity contribution >= 4 is 71.2 Å². The van der Waals surface area contributed by atoms with E-state index in [0.717, 1.165) is 193 Å². The molecule has 24 bridgehead atoms. The van der Waals surface area contributed by atoms with Gasteiger partial charge >= 0.3 is 0 Å². The van der Waals surface area contributed by atoms with Crippen LogP contribution in [0, 0.1) is 41.5 Å². The van der Waals surface area contributed by atoms with E-state index in [1.54, 1.807) is 0 Å². The molecule has 0 aromatic carbocycles. The van der Waals surface area contributed by atoms with Crippen LogP contribution in [0.1, 0.15) is 73.3 Å². The molecule has 0 unspecified atom stereocenters. The maximum atomic E-state index is 5.26. The fourth-order valence-electron chi connectivity index (χ4n) is 12.5. The highest BCUT2D eigenvalue weighted by Crippen LogP contribution is 2.28. The van der Waals surface area contributed by atoms with Gasteiger partial charge in [0.1, 0.15) is 34.9 Å².